The third kappa shape index (κ3) is 3.27. The summed E-state index contributed by atoms with van der Waals surface area (Å²) in [6, 6.07) is 23.3. The first-order valence-corrected chi connectivity index (χ1v) is 11.2. The summed E-state index contributed by atoms with van der Waals surface area (Å²) >= 11 is 0. The third-order valence-corrected chi connectivity index (χ3v) is 6.52. The van der Waals surface area contributed by atoms with Crippen LogP contribution in [0.5, 0.6) is 0 Å². The highest BCUT2D eigenvalue weighted by atomic mass is 19.3. The molecule has 0 amide bonds. The Balaban J connectivity index is 1.60. The number of halogens is 2. The van der Waals surface area contributed by atoms with Crippen LogP contribution in [0.3, 0.4) is 0 Å². The van der Waals surface area contributed by atoms with Crippen molar-refractivity contribution in [1.82, 2.24) is 14.6 Å². The average molecular weight is 456 g/mol. The highest BCUT2D eigenvalue weighted by Crippen LogP contribution is 2.39. The molecule has 5 aromatic rings. The molecule has 0 spiro atoms. The predicted molar refractivity (Wildman–Crippen MR) is 131 cm³/mol. The minimum atomic E-state index is -2.78. The van der Waals surface area contributed by atoms with Gasteiger partial charge in [0.05, 0.1) is 23.5 Å². The molecule has 3 heterocycles. The molecule has 1 fully saturated rings. The molecule has 2 aromatic heterocycles. The Hall–Kier alpha value is -4.00. The van der Waals surface area contributed by atoms with Crippen molar-refractivity contribution in [1.29, 1.82) is 0 Å². The number of aromatic nitrogens is 3. The average Bonchev–Trinajstić information content (AvgIpc) is 3.39. The highest BCUT2D eigenvalue weighted by Gasteiger charge is 2.40. The van der Waals surface area contributed by atoms with Crippen LogP contribution in [-0.4, -0.2) is 33.6 Å². The number of nitrogens with zero attached hydrogens (tertiary/aromatic N) is 3. The van der Waals surface area contributed by atoms with Crippen LogP contribution in [0.15, 0.2) is 77.6 Å². The molecule has 0 unspecified atom stereocenters. The van der Waals surface area contributed by atoms with Crippen molar-refractivity contribution in [3.05, 3.63) is 88.8 Å². The molecule has 0 bridgehead atoms. The van der Waals surface area contributed by atoms with Gasteiger partial charge >= 0.3 is 0 Å². The molecule has 0 aliphatic carbocycles. The minimum absolute atomic E-state index is 0.196. The van der Waals surface area contributed by atoms with Gasteiger partial charge in [-0.3, -0.25) is 9.89 Å². The first kappa shape index (κ1) is 20.6. The summed E-state index contributed by atoms with van der Waals surface area (Å²) in [5, 5.41) is 5.30. The van der Waals surface area contributed by atoms with Crippen LogP contribution < -0.4 is 10.5 Å². The number of aromatic amines is 1. The molecule has 34 heavy (non-hydrogen) atoms. The monoisotopic (exact) mass is 456 g/mol. The number of hydrogen-bond donors (Lipinski definition) is 1. The van der Waals surface area contributed by atoms with E-state index in [-0.39, 0.29) is 18.5 Å². The Morgan fingerprint density at radius 2 is 1.68 bits per heavy atom. The van der Waals surface area contributed by atoms with Gasteiger partial charge in [0.15, 0.2) is 5.65 Å². The lowest BCUT2D eigenvalue weighted by molar-refractivity contribution is 0.0257. The Morgan fingerprint density at radius 1 is 0.941 bits per heavy atom. The fraction of sp³-hybridized carbons (Fsp3) is 0.185. The van der Waals surface area contributed by atoms with Crippen molar-refractivity contribution in [2.24, 2.45) is 0 Å². The molecule has 1 saturated heterocycles. The smallest absolute Gasteiger partial charge is 0.280 e. The van der Waals surface area contributed by atoms with Crippen molar-refractivity contribution in [2.45, 2.75) is 19.3 Å². The number of benzene rings is 3. The zero-order valence-corrected chi connectivity index (χ0v) is 18.6. The van der Waals surface area contributed by atoms with Crippen molar-refractivity contribution in [3.63, 3.8) is 0 Å². The van der Waals surface area contributed by atoms with Crippen LogP contribution in [-0.2, 0) is 0 Å². The number of aryl methyl sites for hydroxylation is 1. The summed E-state index contributed by atoms with van der Waals surface area (Å²) in [4.78, 5) is 20.2. The van der Waals surface area contributed by atoms with Crippen LogP contribution in [0.4, 0.5) is 14.5 Å². The molecule has 1 aliphatic rings. The van der Waals surface area contributed by atoms with E-state index in [9.17, 15) is 13.6 Å². The van der Waals surface area contributed by atoms with Gasteiger partial charge in [-0.1, -0.05) is 66.7 Å². The van der Waals surface area contributed by atoms with Gasteiger partial charge in [-0.25, -0.2) is 13.8 Å². The number of alkyl halides is 2. The van der Waals surface area contributed by atoms with Crippen LogP contribution in [0.2, 0.25) is 0 Å². The molecule has 6 rings (SSSR count). The molecular weight excluding hydrogens is 434 g/mol. The molecule has 1 N–H and O–H groups in total. The molecule has 0 saturated carbocycles. The highest BCUT2D eigenvalue weighted by molar-refractivity contribution is 5.89. The lowest BCUT2D eigenvalue weighted by Gasteiger charge is -2.18. The van der Waals surface area contributed by atoms with Gasteiger partial charge in [-0.15, -0.1) is 0 Å². The molecule has 0 atom stereocenters. The Morgan fingerprint density at radius 3 is 2.41 bits per heavy atom. The molecule has 5 nitrogen and oxygen atoms in total. The summed E-state index contributed by atoms with van der Waals surface area (Å²) in [6.07, 6.45) is -0.225. The van der Waals surface area contributed by atoms with Gasteiger partial charge in [0.1, 0.15) is 5.69 Å². The summed E-state index contributed by atoms with van der Waals surface area (Å²) in [7, 11) is 0. The first-order chi connectivity index (χ1) is 16.4. The number of anilines is 1. The third-order valence-electron chi connectivity index (χ3n) is 6.52. The van der Waals surface area contributed by atoms with Crippen molar-refractivity contribution < 1.29 is 8.78 Å². The number of nitrogens with one attached hydrogen (secondary N) is 1. The van der Waals surface area contributed by atoms with Gasteiger partial charge in [0.25, 0.3) is 11.5 Å². The van der Waals surface area contributed by atoms with Crippen LogP contribution in [0, 0.1) is 6.92 Å². The minimum Gasteiger partial charge on any atom is -0.360 e. The van der Waals surface area contributed by atoms with Gasteiger partial charge in [0, 0.05) is 18.5 Å². The molecule has 1 aliphatic heterocycles. The summed E-state index contributed by atoms with van der Waals surface area (Å²) in [5.41, 5.74) is 3.88. The van der Waals surface area contributed by atoms with Gasteiger partial charge in [-0.05, 0) is 29.3 Å². The van der Waals surface area contributed by atoms with Gasteiger partial charge in [-0.2, -0.15) is 4.52 Å². The van der Waals surface area contributed by atoms with E-state index in [4.69, 9.17) is 4.98 Å². The van der Waals surface area contributed by atoms with Gasteiger partial charge < -0.3 is 4.90 Å². The van der Waals surface area contributed by atoms with E-state index < -0.39 is 12.5 Å². The second-order valence-corrected chi connectivity index (χ2v) is 8.83. The molecular formula is C27H22F2N4O. The summed E-state index contributed by atoms with van der Waals surface area (Å²) in [5.74, 6) is -2.78. The van der Waals surface area contributed by atoms with Crippen molar-refractivity contribution in [3.8, 4) is 22.4 Å². The summed E-state index contributed by atoms with van der Waals surface area (Å²) in [6.45, 7) is 1.59. The van der Waals surface area contributed by atoms with E-state index in [1.807, 2.05) is 72.8 Å². The maximum Gasteiger partial charge on any atom is 0.280 e. The number of H-pyrrole nitrogens is 1. The number of rotatable bonds is 3. The standard InChI is InChI=1S/C27H22F2N4O/c1-17-22(21-12-11-18-7-5-6-10-20(18)15-21)26(34)33-25(30-17)24(32-14-13-27(28,29)16-32)23(31-33)19-8-3-2-4-9-19/h2-12,15,31H,13-14,16H2,1H3. The fourth-order valence-corrected chi connectivity index (χ4v) is 4.88. The molecule has 0 radical (unpaired) electrons. The van der Waals surface area contributed by atoms with Crippen molar-refractivity contribution >= 4 is 22.1 Å². The lowest BCUT2D eigenvalue weighted by atomic mass is 10.0. The van der Waals surface area contributed by atoms with E-state index in [2.05, 4.69) is 5.10 Å². The summed E-state index contributed by atoms with van der Waals surface area (Å²) < 4.78 is 29.7. The fourth-order valence-electron chi connectivity index (χ4n) is 4.88. The number of fused-ring (bicyclic) bond motifs is 2. The second kappa shape index (κ2) is 7.52. The molecule has 3 aromatic carbocycles. The normalized spacial score (nSPS) is 15.4. The topological polar surface area (TPSA) is 53.4 Å². The Bertz CT molecular complexity index is 1600. The van der Waals surface area contributed by atoms with E-state index in [0.29, 0.717) is 28.3 Å². The van der Waals surface area contributed by atoms with E-state index in [0.717, 1.165) is 21.9 Å². The van der Waals surface area contributed by atoms with Gasteiger partial charge in [0.2, 0.25) is 0 Å². The zero-order valence-electron chi connectivity index (χ0n) is 18.6. The Kier molecular flexibility index (Phi) is 4.55. The second-order valence-electron chi connectivity index (χ2n) is 8.83. The Labute approximate surface area is 194 Å². The lowest BCUT2D eigenvalue weighted by Crippen LogP contribution is -2.26. The molecule has 7 heteroatoms. The quantitative estimate of drug-likeness (QED) is 0.381. The van der Waals surface area contributed by atoms with E-state index in [1.165, 1.54) is 4.52 Å². The van der Waals surface area contributed by atoms with Crippen molar-refractivity contribution in [2.75, 3.05) is 18.0 Å². The maximum atomic E-state index is 14.2. The first-order valence-electron chi connectivity index (χ1n) is 11.2. The number of hydrogen-bond acceptors (Lipinski definition) is 3. The van der Waals surface area contributed by atoms with Crippen LogP contribution in [0.25, 0.3) is 38.8 Å². The molecule has 170 valence electrons. The van der Waals surface area contributed by atoms with Crippen LogP contribution in [0.1, 0.15) is 12.1 Å². The van der Waals surface area contributed by atoms with E-state index >= 15 is 0 Å². The van der Waals surface area contributed by atoms with E-state index in [1.54, 1.807) is 11.8 Å². The predicted octanol–water partition coefficient (Wildman–Crippen LogP) is 5.66. The largest absolute Gasteiger partial charge is 0.360 e. The van der Waals surface area contributed by atoms with Crippen LogP contribution >= 0.6 is 0 Å². The SMILES string of the molecule is Cc1nc2c(N3CCC(F)(F)C3)c(-c3ccccc3)[nH]n2c(=O)c1-c1ccc2ccccc2c1. The zero-order chi connectivity index (χ0) is 23.4. The maximum absolute atomic E-state index is 14.2.